The molecule has 0 aliphatic rings. The summed E-state index contributed by atoms with van der Waals surface area (Å²) in [5, 5.41) is 0. The summed E-state index contributed by atoms with van der Waals surface area (Å²) in [5.74, 6) is 0. The van der Waals surface area contributed by atoms with E-state index >= 15 is 0 Å². The van der Waals surface area contributed by atoms with Gasteiger partial charge in [0.15, 0.2) is 0 Å². The Balaban J connectivity index is 0.000000810. The molecule has 58 valence electrons. The molecule has 0 bridgehead atoms. The van der Waals surface area contributed by atoms with Crippen molar-refractivity contribution in [3.8, 4) is 0 Å². The van der Waals surface area contributed by atoms with Crippen molar-refractivity contribution in [3.05, 3.63) is 17.1 Å². The van der Waals surface area contributed by atoms with Gasteiger partial charge in [-0.15, -0.1) is 17.0 Å². The van der Waals surface area contributed by atoms with Crippen LogP contribution in [-0.4, -0.2) is 16.1 Å². The number of nitrogens with two attached hydrogens (primary N) is 1. The average molecular weight is 271 g/mol. The van der Waals surface area contributed by atoms with Gasteiger partial charge in [0.05, 0.1) is 12.5 Å². The van der Waals surface area contributed by atoms with Crippen LogP contribution in [0.25, 0.3) is 0 Å². The van der Waals surface area contributed by atoms with Gasteiger partial charge in [0, 0.05) is 13.1 Å². The maximum Gasteiger partial charge on any atom is 0.104 e. The normalized spacial score (nSPS) is 9.00. The van der Waals surface area contributed by atoms with Gasteiger partial charge in [0.1, 0.15) is 4.60 Å². The smallest absolute Gasteiger partial charge is 0.104 e. The van der Waals surface area contributed by atoms with Gasteiger partial charge in [0.2, 0.25) is 0 Å². The van der Waals surface area contributed by atoms with E-state index in [4.69, 9.17) is 5.73 Å². The predicted octanol–water partition coefficient (Wildman–Crippen LogP) is 1.18. The minimum Gasteiger partial charge on any atom is -0.329 e. The van der Waals surface area contributed by atoms with Crippen LogP contribution in [0.4, 0.5) is 0 Å². The lowest BCUT2D eigenvalue weighted by molar-refractivity contribution is 0.695. The molecule has 1 heterocycles. The van der Waals surface area contributed by atoms with Gasteiger partial charge in [0.25, 0.3) is 0 Å². The molecule has 0 radical (unpaired) electrons. The van der Waals surface area contributed by atoms with Crippen LogP contribution in [0.1, 0.15) is 0 Å². The molecule has 0 fully saturated rings. The molecular formula is C5H9Br2N3. The molecule has 0 saturated carbocycles. The summed E-state index contributed by atoms with van der Waals surface area (Å²) in [6.45, 7) is 1.47. The van der Waals surface area contributed by atoms with Gasteiger partial charge >= 0.3 is 0 Å². The molecule has 0 aliphatic carbocycles. The number of hydrogen-bond donors (Lipinski definition) is 1. The van der Waals surface area contributed by atoms with Crippen molar-refractivity contribution in [2.45, 2.75) is 6.54 Å². The predicted molar refractivity (Wildman–Crippen MR) is 49.3 cm³/mol. The number of imidazole rings is 1. The van der Waals surface area contributed by atoms with Gasteiger partial charge in [-0.1, -0.05) is 0 Å². The van der Waals surface area contributed by atoms with Crippen molar-refractivity contribution in [1.82, 2.24) is 9.55 Å². The van der Waals surface area contributed by atoms with E-state index in [9.17, 15) is 0 Å². The van der Waals surface area contributed by atoms with Crippen LogP contribution < -0.4 is 5.73 Å². The van der Waals surface area contributed by atoms with Gasteiger partial charge in [-0.25, -0.2) is 4.98 Å². The Bertz CT molecular complexity index is 187. The molecule has 10 heavy (non-hydrogen) atoms. The highest BCUT2D eigenvalue weighted by Gasteiger charge is 1.93. The van der Waals surface area contributed by atoms with E-state index in [2.05, 4.69) is 20.9 Å². The first kappa shape index (κ1) is 10.1. The minimum absolute atomic E-state index is 0. The molecule has 0 saturated heterocycles. The van der Waals surface area contributed by atoms with Crippen LogP contribution in [0, 0.1) is 0 Å². The third-order valence-corrected chi connectivity index (χ3v) is 1.69. The molecule has 0 aromatic carbocycles. The SMILES string of the molecule is Br.NCCn1cncc1Br. The van der Waals surface area contributed by atoms with Crippen LogP contribution in [0.5, 0.6) is 0 Å². The van der Waals surface area contributed by atoms with Crippen LogP contribution in [0.15, 0.2) is 17.1 Å². The Hall–Kier alpha value is 0.130. The summed E-state index contributed by atoms with van der Waals surface area (Å²) in [6.07, 6.45) is 3.49. The fraction of sp³-hybridized carbons (Fsp3) is 0.400. The first-order valence-electron chi connectivity index (χ1n) is 2.70. The summed E-state index contributed by atoms with van der Waals surface area (Å²) in [6, 6.07) is 0. The maximum atomic E-state index is 5.32. The van der Waals surface area contributed by atoms with Crippen LogP contribution in [0.2, 0.25) is 0 Å². The zero-order chi connectivity index (χ0) is 6.69. The van der Waals surface area contributed by atoms with Crippen molar-refractivity contribution in [2.24, 2.45) is 5.73 Å². The largest absolute Gasteiger partial charge is 0.329 e. The highest BCUT2D eigenvalue weighted by Crippen LogP contribution is 2.06. The van der Waals surface area contributed by atoms with E-state index in [1.165, 1.54) is 0 Å². The van der Waals surface area contributed by atoms with E-state index in [1.807, 2.05) is 4.57 Å². The number of nitrogens with zero attached hydrogens (tertiary/aromatic N) is 2. The highest BCUT2D eigenvalue weighted by atomic mass is 79.9. The molecule has 3 nitrogen and oxygen atoms in total. The molecule has 0 aliphatic heterocycles. The summed E-state index contributed by atoms with van der Waals surface area (Å²) >= 11 is 3.31. The van der Waals surface area contributed by atoms with Gasteiger partial charge in [-0.3, -0.25) is 0 Å². The van der Waals surface area contributed by atoms with Crippen LogP contribution in [-0.2, 0) is 6.54 Å². The van der Waals surface area contributed by atoms with Crippen molar-refractivity contribution in [1.29, 1.82) is 0 Å². The number of rotatable bonds is 2. The van der Waals surface area contributed by atoms with Gasteiger partial charge < -0.3 is 10.3 Å². The Kier molecular flexibility index (Phi) is 4.93. The molecule has 0 unspecified atom stereocenters. The quantitative estimate of drug-likeness (QED) is 0.877. The molecule has 0 spiro atoms. The third-order valence-electron chi connectivity index (χ3n) is 1.03. The second-order valence-corrected chi connectivity index (χ2v) is 2.51. The number of hydrogen-bond acceptors (Lipinski definition) is 2. The Morgan fingerprint density at radius 2 is 2.40 bits per heavy atom. The second-order valence-electron chi connectivity index (χ2n) is 1.70. The lowest BCUT2D eigenvalue weighted by atomic mass is 10.6. The summed E-state index contributed by atoms with van der Waals surface area (Å²) in [5.41, 5.74) is 5.32. The van der Waals surface area contributed by atoms with E-state index < -0.39 is 0 Å². The summed E-state index contributed by atoms with van der Waals surface area (Å²) < 4.78 is 2.92. The van der Waals surface area contributed by atoms with Gasteiger partial charge in [-0.05, 0) is 15.9 Å². The minimum atomic E-state index is 0. The number of aromatic nitrogens is 2. The standard InChI is InChI=1S/C5H8BrN3.BrH/c6-5-3-8-4-9(5)2-1-7;/h3-4H,1-2,7H2;1H. The zero-order valence-electron chi connectivity index (χ0n) is 5.33. The van der Waals surface area contributed by atoms with Crippen LogP contribution in [0.3, 0.4) is 0 Å². The zero-order valence-corrected chi connectivity index (χ0v) is 8.63. The summed E-state index contributed by atoms with van der Waals surface area (Å²) in [7, 11) is 0. The topological polar surface area (TPSA) is 43.8 Å². The highest BCUT2D eigenvalue weighted by molar-refractivity contribution is 9.10. The maximum absolute atomic E-state index is 5.32. The molecule has 2 N–H and O–H groups in total. The fourth-order valence-electron chi connectivity index (χ4n) is 0.608. The van der Waals surface area contributed by atoms with Crippen molar-refractivity contribution >= 4 is 32.9 Å². The monoisotopic (exact) mass is 269 g/mol. The molecule has 1 rings (SSSR count). The third kappa shape index (κ3) is 2.40. The summed E-state index contributed by atoms with van der Waals surface area (Å²) in [4.78, 5) is 3.90. The molecule has 1 aromatic heterocycles. The molecular weight excluding hydrogens is 262 g/mol. The average Bonchev–Trinajstić information content (AvgIpc) is 2.18. The van der Waals surface area contributed by atoms with Crippen molar-refractivity contribution in [3.63, 3.8) is 0 Å². The first-order chi connectivity index (χ1) is 4.34. The molecule has 0 amide bonds. The molecule has 1 aromatic rings. The van der Waals surface area contributed by atoms with Gasteiger partial charge in [-0.2, -0.15) is 0 Å². The number of halogens is 2. The lowest BCUT2D eigenvalue weighted by Crippen LogP contribution is -2.08. The Morgan fingerprint density at radius 1 is 1.70 bits per heavy atom. The van der Waals surface area contributed by atoms with E-state index in [1.54, 1.807) is 12.5 Å². The van der Waals surface area contributed by atoms with E-state index in [0.29, 0.717) is 6.54 Å². The van der Waals surface area contributed by atoms with Crippen LogP contribution >= 0.6 is 32.9 Å². The Morgan fingerprint density at radius 3 is 2.80 bits per heavy atom. The second kappa shape index (κ2) is 4.87. The van der Waals surface area contributed by atoms with E-state index in [0.717, 1.165) is 11.1 Å². The Labute approximate surface area is 78.5 Å². The molecule has 0 atom stereocenters. The van der Waals surface area contributed by atoms with E-state index in [-0.39, 0.29) is 17.0 Å². The molecule has 5 heteroatoms. The van der Waals surface area contributed by atoms with Crippen molar-refractivity contribution < 1.29 is 0 Å². The fourth-order valence-corrected chi connectivity index (χ4v) is 0.995. The van der Waals surface area contributed by atoms with Crippen molar-refractivity contribution in [2.75, 3.05) is 6.54 Å². The first-order valence-corrected chi connectivity index (χ1v) is 3.49. The lowest BCUT2D eigenvalue weighted by Gasteiger charge is -1.97.